The Hall–Kier alpha value is -1.01. The Bertz CT molecular complexity index is 623. The lowest BCUT2D eigenvalue weighted by molar-refractivity contribution is 0.405. The SMILES string of the molecule is COc1cc(F)c(C(Br)c2ccc(F)cc2Br)c(F)c1. The number of ether oxygens (including phenoxy) is 1. The minimum absolute atomic E-state index is 0.0987. The molecule has 1 unspecified atom stereocenters. The van der Waals surface area contributed by atoms with Crippen molar-refractivity contribution in [3.05, 3.63) is 63.4 Å². The number of hydrogen-bond acceptors (Lipinski definition) is 1. The van der Waals surface area contributed by atoms with Crippen molar-refractivity contribution in [1.29, 1.82) is 0 Å². The third kappa shape index (κ3) is 3.01. The maximum absolute atomic E-state index is 14.0. The summed E-state index contributed by atoms with van der Waals surface area (Å²) in [5.41, 5.74) is 0.368. The number of methoxy groups -OCH3 is 1. The van der Waals surface area contributed by atoms with E-state index in [2.05, 4.69) is 31.9 Å². The second-order valence-corrected chi connectivity index (χ2v) is 5.80. The molecule has 2 rings (SSSR count). The van der Waals surface area contributed by atoms with Crippen LogP contribution in [-0.2, 0) is 0 Å². The molecule has 0 amide bonds. The Morgan fingerprint density at radius 3 is 2.15 bits per heavy atom. The Morgan fingerprint density at radius 2 is 1.65 bits per heavy atom. The zero-order chi connectivity index (χ0) is 14.9. The quantitative estimate of drug-likeness (QED) is 0.620. The highest BCUT2D eigenvalue weighted by Gasteiger charge is 2.22. The molecular formula is C14H9Br2F3O. The van der Waals surface area contributed by atoms with Crippen molar-refractivity contribution in [2.75, 3.05) is 7.11 Å². The number of halogens is 5. The summed E-state index contributed by atoms with van der Waals surface area (Å²) in [5.74, 6) is -1.81. The maximum atomic E-state index is 14.0. The van der Waals surface area contributed by atoms with Gasteiger partial charge in [0.05, 0.1) is 11.9 Å². The first-order valence-corrected chi connectivity index (χ1v) is 7.27. The van der Waals surface area contributed by atoms with E-state index in [0.29, 0.717) is 10.0 Å². The van der Waals surface area contributed by atoms with Crippen LogP contribution in [0.3, 0.4) is 0 Å². The van der Waals surface area contributed by atoms with Gasteiger partial charge in [-0.15, -0.1) is 0 Å². The summed E-state index contributed by atoms with van der Waals surface area (Å²) in [6, 6.07) is 6.13. The van der Waals surface area contributed by atoms with Gasteiger partial charge in [0, 0.05) is 22.2 Å². The molecule has 6 heteroatoms. The molecule has 1 atom stereocenters. The summed E-state index contributed by atoms with van der Waals surface area (Å²) >= 11 is 6.43. The minimum atomic E-state index is -0.747. The topological polar surface area (TPSA) is 9.23 Å². The van der Waals surface area contributed by atoms with Gasteiger partial charge in [-0.25, -0.2) is 13.2 Å². The van der Waals surface area contributed by atoms with Gasteiger partial charge in [0.2, 0.25) is 0 Å². The lowest BCUT2D eigenvalue weighted by Gasteiger charge is -2.15. The molecule has 2 aromatic carbocycles. The highest BCUT2D eigenvalue weighted by molar-refractivity contribution is 9.11. The van der Waals surface area contributed by atoms with E-state index in [4.69, 9.17) is 4.74 Å². The van der Waals surface area contributed by atoms with Gasteiger partial charge in [-0.05, 0) is 17.7 Å². The van der Waals surface area contributed by atoms with Crippen LogP contribution in [0, 0.1) is 17.5 Å². The largest absolute Gasteiger partial charge is 0.497 e. The van der Waals surface area contributed by atoms with Crippen molar-refractivity contribution < 1.29 is 17.9 Å². The van der Waals surface area contributed by atoms with Crippen molar-refractivity contribution >= 4 is 31.9 Å². The Labute approximate surface area is 131 Å². The molecule has 0 aromatic heterocycles. The van der Waals surface area contributed by atoms with Crippen LogP contribution < -0.4 is 4.74 Å². The third-order valence-corrected chi connectivity index (χ3v) is 4.42. The molecule has 0 fully saturated rings. The van der Waals surface area contributed by atoms with Crippen LogP contribution >= 0.6 is 31.9 Å². The molecule has 106 valence electrons. The van der Waals surface area contributed by atoms with Crippen molar-refractivity contribution in [3.8, 4) is 5.75 Å². The summed E-state index contributed by atoms with van der Waals surface area (Å²) in [6.45, 7) is 0. The molecular weight excluding hydrogens is 401 g/mol. The lowest BCUT2D eigenvalue weighted by Crippen LogP contribution is -2.02. The van der Waals surface area contributed by atoms with Crippen LogP contribution in [0.2, 0.25) is 0 Å². The molecule has 0 saturated heterocycles. The summed E-state index contributed by atoms with van der Waals surface area (Å²) in [7, 11) is 1.33. The van der Waals surface area contributed by atoms with Crippen molar-refractivity contribution in [1.82, 2.24) is 0 Å². The van der Waals surface area contributed by atoms with Gasteiger partial charge in [0.15, 0.2) is 0 Å². The first-order valence-electron chi connectivity index (χ1n) is 5.56. The molecule has 0 aliphatic rings. The molecule has 0 saturated carbocycles. The second kappa shape index (κ2) is 6.18. The summed E-state index contributed by atoms with van der Waals surface area (Å²) in [4.78, 5) is -0.747. The molecule has 1 nitrogen and oxygen atoms in total. The monoisotopic (exact) mass is 408 g/mol. The molecule has 0 spiro atoms. The molecule has 0 radical (unpaired) electrons. The summed E-state index contributed by atoms with van der Waals surface area (Å²) < 4.78 is 46.3. The van der Waals surface area contributed by atoms with E-state index < -0.39 is 22.3 Å². The molecule has 0 aliphatic heterocycles. The van der Waals surface area contributed by atoms with Crippen LogP contribution in [0.1, 0.15) is 16.0 Å². The predicted molar refractivity (Wildman–Crippen MR) is 77.8 cm³/mol. The minimum Gasteiger partial charge on any atom is -0.497 e. The average Bonchev–Trinajstić information content (AvgIpc) is 2.37. The van der Waals surface area contributed by atoms with E-state index in [9.17, 15) is 13.2 Å². The number of alkyl halides is 1. The molecule has 0 aliphatic carbocycles. The number of rotatable bonds is 3. The van der Waals surface area contributed by atoms with Gasteiger partial charge in [0.1, 0.15) is 23.2 Å². The standard InChI is InChI=1S/C14H9Br2F3O/c1-20-8-5-11(18)13(12(19)6-8)14(16)9-3-2-7(17)4-10(9)15/h2-6,14H,1H3. The van der Waals surface area contributed by atoms with Gasteiger partial charge in [-0.2, -0.15) is 0 Å². The summed E-state index contributed by atoms with van der Waals surface area (Å²) in [5, 5.41) is 0. The molecule has 20 heavy (non-hydrogen) atoms. The first kappa shape index (κ1) is 15.4. The predicted octanol–water partition coefficient (Wildman–Crippen LogP) is 5.36. The van der Waals surface area contributed by atoms with Crippen LogP contribution in [-0.4, -0.2) is 7.11 Å². The Balaban J connectivity index is 2.50. The normalized spacial score (nSPS) is 12.3. The smallest absolute Gasteiger partial charge is 0.134 e. The van der Waals surface area contributed by atoms with E-state index in [1.54, 1.807) is 0 Å². The fraction of sp³-hybridized carbons (Fsp3) is 0.143. The second-order valence-electron chi connectivity index (χ2n) is 4.03. The zero-order valence-corrected chi connectivity index (χ0v) is 13.4. The summed E-state index contributed by atoms with van der Waals surface area (Å²) in [6.07, 6.45) is 0. The highest BCUT2D eigenvalue weighted by atomic mass is 79.9. The molecule has 0 N–H and O–H groups in total. The van der Waals surface area contributed by atoms with E-state index in [1.807, 2.05) is 0 Å². The average molecular weight is 410 g/mol. The highest BCUT2D eigenvalue weighted by Crippen LogP contribution is 2.39. The van der Waals surface area contributed by atoms with Gasteiger partial charge in [-0.3, -0.25) is 0 Å². The fourth-order valence-electron chi connectivity index (χ4n) is 1.78. The molecule has 2 aromatic rings. The van der Waals surface area contributed by atoms with Crippen LogP contribution in [0.4, 0.5) is 13.2 Å². The van der Waals surface area contributed by atoms with Crippen LogP contribution in [0.5, 0.6) is 5.75 Å². The van der Waals surface area contributed by atoms with Crippen LogP contribution in [0.25, 0.3) is 0 Å². The Kier molecular flexibility index (Phi) is 4.75. The lowest BCUT2D eigenvalue weighted by atomic mass is 10.0. The van der Waals surface area contributed by atoms with E-state index in [-0.39, 0.29) is 11.3 Å². The first-order chi connectivity index (χ1) is 9.43. The van der Waals surface area contributed by atoms with E-state index in [1.165, 1.54) is 25.3 Å². The molecule has 0 heterocycles. The zero-order valence-electron chi connectivity index (χ0n) is 10.3. The maximum Gasteiger partial charge on any atom is 0.134 e. The van der Waals surface area contributed by atoms with Crippen molar-refractivity contribution in [2.24, 2.45) is 0 Å². The van der Waals surface area contributed by atoms with Gasteiger partial charge < -0.3 is 4.74 Å². The van der Waals surface area contributed by atoms with Crippen molar-refractivity contribution in [2.45, 2.75) is 4.83 Å². The van der Waals surface area contributed by atoms with Gasteiger partial charge in [0.25, 0.3) is 0 Å². The third-order valence-electron chi connectivity index (χ3n) is 2.78. The molecule has 0 bridgehead atoms. The fourth-order valence-corrected chi connectivity index (χ4v) is 3.51. The van der Waals surface area contributed by atoms with Gasteiger partial charge in [-0.1, -0.05) is 37.9 Å². The number of hydrogen-bond donors (Lipinski definition) is 0. The number of benzene rings is 2. The van der Waals surface area contributed by atoms with E-state index in [0.717, 1.165) is 12.1 Å². The van der Waals surface area contributed by atoms with Crippen molar-refractivity contribution in [3.63, 3.8) is 0 Å². The van der Waals surface area contributed by atoms with Gasteiger partial charge >= 0.3 is 0 Å². The van der Waals surface area contributed by atoms with Crippen LogP contribution in [0.15, 0.2) is 34.8 Å². The Morgan fingerprint density at radius 1 is 1.05 bits per heavy atom. The van der Waals surface area contributed by atoms with E-state index >= 15 is 0 Å².